The van der Waals surface area contributed by atoms with Gasteiger partial charge in [-0.05, 0) is 79.6 Å². The van der Waals surface area contributed by atoms with Gasteiger partial charge < -0.3 is 10.6 Å². The molecule has 3 amide bonds. The maximum absolute atomic E-state index is 13.1. The number of halogens is 2. The second kappa shape index (κ2) is 9.10. The first kappa shape index (κ1) is 22.6. The van der Waals surface area contributed by atoms with Crippen molar-refractivity contribution in [3.05, 3.63) is 99.2 Å². The summed E-state index contributed by atoms with van der Waals surface area (Å²) >= 11 is 12.1. The van der Waals surface area contributed by atoms with E-state index in [1.165, 1.54) is 0 Å². The molecule has 0 bridgehead atoms. The number of nitrogens with one attached hydrogen (secondary N) is 2. The highest BCUT2D eigenvalue weighted by atomic mass is 35.5. The largest absolute Gasteiger partial charge is 0.350 e. The Bertz CT molecular complexity index is 1300. The average molecular weight is 480 g/mol. The molecule has 3 aromatic carbocycles. The minimum absolute atomic E-state index is 0.0453. The molecule has 0 aromatic heterocycles. The lowest BCUT2D eigenvalue weighted by Crippen LogP contribution is -2.32. The molecule has 166 valence electrons. The number of carbonyl (C=O) groups excluding carboxylic acids is 3. The second-order valence-corrected chi connectivity index (χ2v) is 8.46. The van der Waals surface area contributed by atoms with Gasteiger partial charge in [0.15, 0.2) is 0 Å². The maximum atomic E-state index is 13.1. The van der Waals surface area contributed by atoms with Crippen molar-refractivity contribution in [1.82, 2.24) is 0 Å². The predicted molar refractivity (Wildman–Crippen MR) is 131 cm³/mol. The van der Waals surface area contributed by atoms with Crippen LogP contribution in [-0.2, 0) is 9.59 Å². The van der Waals surface area contributed by atoms with Crippen molar-refractivity contribution in [3.63, 3.8) is 0 Å². The Morgan fingerprint density at radius 2 is 1.48 bits per heavy atom. The molecule has 0 atom stereocenters. The number of rotatable bonds is 5. The Morgan fingerprint density at radius 1 is 0.818 bits per heavy atom. The normalized spacial score (nSPS) is 13.5. The van der Waals surface area contributed by atoms with Crippen LogP contribution in [0, 0.1) is 13.8 Å². The van der Waals surface area contributed by atoms with Gasteiger partial charge >= 0.3 is 0 Å². The minimum Gasteiger partial charge on any atom is -0.350 e. The first-order valence-corrected chi connectivity index (χ1v) is 10.8. The van der Waals surface area contributed by atoms with Crippen LogP contribution in [0.2, 0.25) is 5.02 Å². The number of hydrogen-bond acceptors (Lipinski definition) is 4. The Balaban J connectivity index is 1.55. The highest BCUT2D eigenvalue weighted by Gasteiger charge is 2.39. The number of imide groups is 1. The molecule has 0 spiro atoms. The number of nitrogens with zero attached hydrogens (tertiary/aromatic N) is 1. The van der Waals surface area contributed by atoms with Crippen molar-refractivity contribution in [1.29, 1.82) is 0 Å². The van der Waals surface area contributed by atoms with E-state index in [2.05, 4.69) is 10.6 Å². The summed E-state index contributed by atoms with van der Waals surface area (Å²) in [6.07, 6.45) is 0. The van der Waals surface area contributed by atoms with Gasteiger partial charge in [-0.25, -0.2) is 4.90 Å². The molecule has 1 heterocycles. The van der Waals surface area contributed by atoms with Crippen molar-refractivity contribution in [3.8, 4) is 0 Å². The summed E-state index contributed by atoms with van der Waals surface area (Å²) in [4.78, 5) is 39.5. The van der Waals surface area contributed by atoms with Crippen LogP contribution >= 0.6 is 23.2 Å². The molecular formula is C25H19Cl2N3O3. The monoisotopic (exact) mass is 479 g/mol. The highest BCUT2D eigenvalue weighted by Crippen LogP contribution is 2.31. The van der Waals surface area contributed by atoms with Gasteiger partial charge in [0.05, 0.1) is 5.69 Å². The van der Waals surface area contributed by atoms with Gasteiger partial charge in [-0.1, -0.05) is 35.3 Å². The van der Waals surface area contributed by atoms with Crippen LogP contribution < -0.4 is 15.5 Å². The molecule has 1 aliphatic heterocycles. The SMILES string of the molecule is Cc1cc(C)cc(N2C(=O)C(Cl)=C(Nc3cccc(C(=O)Nc4ccc(Cl)cc4)c3)C2=O)c1. The van der Waals surface area contributed by atoms with Crippen LogP contribution in [-0.4, -0.2) is 17.7 Å². The average Bonchev–Trinajstić information content (AvgIpc) is 2.98. The van der Waals surface area contributed by atoms with E-state index < -0.39 is 11.8 Å². The highest BCUT2D eigenvalue weighted by molar-refractivity contribution is 6.53. The van der Waals surface area contributed by atoms with E-state index in [1.807, 2.05) is 19.9 Å². The molecule has 3 aromatic rings. The van der Waals surface area contributed by atoms with E-state index in [4.69, 9.17) is 23.2 Å². The van der Waals surface area contributed by atoms with Crippen molar-refractivity contribution in [2.24, 2.45) is 0 Å². The van der Waals surface area contributed by atoms with E-state index >= 15 is 0 Å². The Labute approximate surface area is 200 Å². The number of carbonyl (C=O) groups is 3. The number of aryl methyl sites for hydroxylation is 2. The molecule has 2 N–H and O–H groups in total. The molecule has 1 aliphatic rings. The number of amides is 3. The molecule has 0 aliphatic carbocycles. The lowest BCUT2D eigenvalue weighted by molar-refractivity contribution is -0.120. The fourth-order valence-electron chi connectivity index (χ4n) is 3.54. The smallest absolute Gasteiger partial charge is 0.283 e. The standard InChI is InChI=1S/C25H19Cl2N3O3/c1-14-10-15(2)12-20(11-14)30-24(32)21(27)22(25(30)33)28-19-5-3-4-16(13-19)23(31)29-18-8-6-17(26)7-9-18/h3-13,28H,1-2H3,(H,29,31). The second-order valence-electron chi connectivity index (χ2n) is 7.65. The lowest BCUT2D eigenvalue weighted by Gasteiger charge is -2.16. The fourth-order valence-corrected chi connectivity index (χ4v) is 3.88. The van der Waals surface area contributed by atoms with Gasteiger partial charge in [0, 0.05) is 22.0 Å². The maximum Gasteiger partial charge on any atom is 0.283 e. The van der Waals surface area contributed by atoms with Gasteiger partial charge in [0.1, 0.15) is 10.7 Å². The molecule has 0 unspecified atom stereocenters. The zero-order valence-electron chi connectivity index (χ0n) is 17.8. The van der Waals surface area contributed by atoms with Gasteiger partial charge in [-0.2, -0.15) is 0 Å². The van der Waals surface area contributed by atoms with Crippen molar-refractivity contribution < 1.29 is 14.4 Å². The third-order valence-corrected chi connectivity index (χ3v) is 5.59. The van der Waals surface area contributed by atoms with Crippen molar-refractivity contribution in [2.45, 2.75) is 13.8 Å². The van der Waals surface area contributed by atoms with Crippen LogP contribution in [0.5, 0.6) is 0 Å². The first-order valence-electron chi connectivity index (χ1n) is 10.0. The van der Waals surface area contributed by atoms with Gasteiger partial charge in [-0.15, -0.1) is 0 Å². The van der Waals surface area contributed by atoms with E-state index in [9.17, 15) is 14.4 Å². The summed E-state index contributed by atoms with van der Waals surface area (Å²) in [5.41, 5.74) is 3.63. The van der Waals surface area contributed by atoms with Crippen molar-refractivity contribution >= 4 is 58.0 Å². The third kappa shape index (κ3) is 4.77. The molecule has 8 heteroatoms. The Morgan fingerprint density at radius 3 is 2.15 bits per heavy atom. The summed E-state index contributed by atoms with van der Waals surface area (Å²) in [6.45, 7) is 3.77. The molecule has 6 nitrogen and oxygen atoms in total. The summed E-state index contributed by atoms with van der Waals surface area (Å²) in [7, 11) is 0. The van der Waals surface area contributed by atoms with Gasteiger partial charge in [-0.3, -0.25) is 14.4 Å². The van der Waals surface area contributed by atoms with E-state index in [0.29, 0.717) is 27.6 Å². The van der Waals surface area contributed by atoms with Gasteiger partial charge in [0.25, 0.3) is 17.7 Å². The van der Waals surface area contributed by atoms with E-state index in [-0.39, 0.29) is 16.6 Å². The van der Waals surface area contributed by atoms with Crippen LogP contribution in [0.4, 0.5) is 17.1 Å². The third-order valence-electron chi connectivity index (χ3n) is 4.99. The van der Waals surface area contributed by atoms with E-state index in [1.54, 1.807) is 60.7 Å². The van der Waals surface area contributed by atoms with Gasteiger partial charge in [0.2, 0.25) is 0 Å². The Kier molecular flexibility index (Phi) is 6.22. The van der Waals surface area contributed by atoms with Crippen LogP contribution in [0.15, 0.2) is 77.5 Å². The van der Waals surface area contributed by atoms with E-state index in [0.717, 1.165) is 16.0 Å². The van der Waals surface area contributed by atoms with Crippen molar-refractivity contribution in [2.75, 3.05) is 15.5 Å². The van der Waals surface area contributed by atoms with Crippen LogP contribution in [0.1, 0.15) is 21.5 Å². The molecule has 0 saturated heterocycles. The summed E-state index contributed by atoms with van der Waals surface area (Å²) in [5.74, 6) is -1.51. The Hall–Kier alpha value is -3.61. The summed E-state index contributed by atoms with van der Waals surface area (Å²) in [6, 6.07) is 18.7. The molecule has 0 saturated carbocycles. The van der Waals surface area contributed by atoms with Crippen LogP contribution in [0.3, 0.4) is 0 Å². The predicted octanol–water partition coefficient (Wildman–Crippen LogP) is 5.64. The molecule has 0 radical (unpaired) electrons. The summed E-state index contributed by atoms with van der Waals surface area (Å²) in [5, 5.41) is 6.03. The summed E-state index contributed by atoms with van der Waals surface area (Å²) < 4.78 is 0. The quantitative estimate of drug-likeness (QED) is 0.463. The zero-order valence-corrected chi connectivity index (χ0v) is 19.3. The molecule has 0 fully saturated rings. The number of anilines is 3. The molecule has 33 heavy (non-hydrogen) atoms. The molecular weight excluding hydrogens is 461 g/mol. The number of hydrogen-bond donors (Lipinski definition) is 2. The number of benzene rings is 3. The lowest BCUT2D eigenvalue weighted by atomic mass is 10.1. The fraction of sp³-hybridized carbons (Fsp3) is 0.0800. The zero-order chi connectivity index (χ0) is 23.7. The minimum atomic E-state index is -0.606. The van der Waals surface area contributed by atoms with Crippen LogP contribution in [0.25, 0.3) is 0 Å². The molecule has 4 rings (SSSR count). The topological polar surface area (TPSA) is 78.5 Å². The first-order chi connectivity index (χ1) is 15.7.